The van der Waals surface area contributed by atoms with Crippen molar-refractivity contribution in [1.29, 1.82) is 0 Å². The lowest BCUT2D eigenvalue weighted by molar-refractivity contribution is -0.133. The second-order valence-corrected chi connectivity index (χ2v) is 8.80. The van der Waals surface area contributed by atoms with Crippen molar-refractivity contribution in [3.63, 3.8) is 0 Å². The minimum Gasteiger partial charge on any atom is -0.340 e. The van der Waals surface area contributed by atoms with Gasteiger partial charge in [-0.15, -0.1) is 11.3 Å². The molecule has 22 heavy (non-hydrogen) atoms. The molecule has 5 nitrogen and oxygen atoms in total. The number of sulfonamides is 1. The van der Waals surface area contributed by atoms with Crippen molar-refractivity contribution in [3.05, 3.63) is 29.7 Å². The van der Waals surface area contributed by atoms with Crippen LogP contribution in [0.25, 0.3) is 0 Å². The van der Waals surface area contributed by atoms with Crippen LogP contribution >= 0.6 is 11.3 Å². The number of hydrogen-bond donors (Lipinski definition) is 0. The summed E-state index contributed by atoms with van der Waals surface area (Å²) in [6, 6.07) is 3.37. The SMILES string of the molecule is O=C(C[C@@H]1C=CCC1)N1CCN(S(=O)(=O)c2cccs2)CC1. The summed E-state index contributed by atoms with van der Waals surface area (Å²) >= 11 is 1.23. The van der Waals surface area contributed by atoms with Crippen LogP contribution < -0.4 is 0 Å². The van der Waals surface area contributed by atoms with Gasteiger partial charge in [-0.2, -0.15) is 4.31 Å². The number of allylic oxidation sites excluding steroid dienone is 2. The van der Waals surface area contributed by atoms with Gasteiger partial charge in [0.2, 0.25) is 5.91 Å². The predicted octanol–water partition coefficient (Wildman–Crippen LogP) is 1.94. The Bertz CT molecular complexity index is 644. The largest absolute Gasteiger partial charge is 0.340 e. The Labute approximate surface area is 135 Å². The van der Waals surface area contributed by atoms with Crippen molar-refractivity contribution in [2.75, 3.05) is 26.2 Å². The Hall–Kier alpha value is -1.18. The van der Waals surface area contributed by atoms with Crippen molar-refractivity contribution < 1.29 is 13.2 Å². The smallest absolute Gasteiger partial charge is 0.252 e. The Kier molecular flexibility index (Phi) is 4.65. The molecule has 120 valence electrons. The summed E-state index contributed by atoms with van der Waals surface area (Å²) in [5.74, 6) is 0.505. The van der Waals surface area contributed by atoms with Gasteiger partial charge < -0.3 is 4.90 Å². The fraction of sp³-hybridized carbons (Fsp3) is 0.533. The zero-order chi connectivity index (χ0) is 15.6. The van der Waals surface area contributed by atoms with Crippen LogP contribution in [0.3, 0.4) is 0 Å². The molecule has 0 bridgehead atoms. The first kappa shape index (κ1) is 15.7. The van der Waals surface area contributed by atoms with Crippen LogP contribution in [-0.2, 0) is 14.8 Å². The van der Waals surface area contributed by atoms with Gasteiger partial charge in [0.05, 0.1) is 0 Å². The average Bonchev–Trinajstić information content (AvgIpc) is 3.21. The van der Waals surface area contributed by atoms with Crippen molar-refractivity contribution in [1.82, 2.24) is 9.21 Å². The minimum atomic E-state index is -3.39. The van der Waals surface area contributed by atoms with Crippen molar-refractivity contribution in [3.8, 4) is 0 Å². The molecule has 1 aromatic heterocycles. The van der Waals surface area contributed by atoms with Crippen molar-refractivity contribution >= 4 is 27.3 Å². The van der Waals surface area contributed by atoms with E-state index in [1.165, 1.54) is 15.6 Å². The highest BCUT2D eigenvalue weighted by molar-refractivity contribution is 7.91. The van der Waals surface area contributed by atoms with Crippen LogP contribution in [0.5, 0.6) is 0 Å². The van der Waals surface area contributed by atoms with E-state index in [-0.39, 0.29) is 5.91 Å². The highest BCUT2D eigenvalue weighted by Gasteiger charge is 2.31. The van der Waals surface area contributed by atoms with Crippen LogP contribution in [0.1, 0.15) is 19.3 Å². The van der Waals surface area contributed by atoms with E-state index in [1.807, 2.05) is 0 Å². The molecule has 0 N–H and O–H groups in total. The summed E-state index contributed by atoms with van der Waals surface area (Å²) in [6.45, 7) is 1.73. The minimum absolute atomic E-state index is 0.143. The molecule has 1 aliphatic heterocycles. The van der Waals surface area contributed by atoms with E-state index in [4.69, 9.17) is 0 Å². The van der Waals surface area contributed by atoms with Crippen molar-refractivity contribution in [2.45, 2.75) is 23.5 Å². The second kappa shape index (κ2) is 6.52. The monoisotopic (exact) mass is 340 g/mol. The maximum absolute atomic E-state index is 12.4. The highest BCUT2D eigenvalue weighted by Crippen LogP contribution is 2.24. The van der Waals surface area contributed by atoms with E-state index in [2.05, 4.69) is 12.2 Å². The van der Waals surface area contributed by atoms with E-state index in [0.29, 0.717) is 42.7 Å². The van der Waals surface area contributed by atoms with E-state index < -0.39 is 10.0 Å². The van der Waals surface area contributed by atoms with Crippen molar-refractivity contribution in [2.24, 2.45) is 5.92 Å². The fourth-order valence-corrected chi connectivity index (χ4v) is 5.50. The lowest BCUT2D eigenvalue weighted by Crippen LogP contribution is -2.50. The van der Waals surface area contributed by atoms with Gasteiger partial charge in [0, 0.05) is 32.6 Å². The number of carbonyl (C=O) groups is 1. The third-order valence-corrected chi connectivity index (χ3v) is 7.50. The number of nitrogens with zero attached hydrogens (tertiary/aromatic N) is 2. The molecular formula is C15H20N2O3S2. The molecule has 0 saturated carbocycles. The van der Waals surface area contributed by atoms with Gasteiger partial charge in [-0.25, -0.2) is 8.42 Å². The Morgan fingerprint density at radius 3 is 2.64 bits per heavy atom. The van der Waals surface area contributed by atoms with Gasteiger partial charge in [-0.1, -0.05) is 18.2 Å². The van der Waals surface area contributed by atoms with Gasteiger partial charge in [0.15, 0.2) is 0 Å². The summed E-state index contributed by atoms with van der Waals surface area (Å²) in [6.07, 6.45) is 6.91. The van der Waals surface area contributed by atoms with Gasteiger partial charge in [0.25, 0.3) is 10.0 Å². The summed E-state index contributed by atoms with van der Waals surface area (Å²) in [4.78, 5) is 14.1. The molecule has 0 unspecified atom stereocenters. The summed E-state index contributed by atoms with van der Waals surface area (Å²) in [5, 5.41) is 1.77. The van der Waals surface area contributed by atoms with Crippen LogP contribution in [0.4, 0.5) is 0 Å². The molecule has 1 aliphatic carbocycles. The molecule has 3 rings (SSSR count). The molecule has 2 aliphatic rings. The van der Waals surface area contributed by atoms with Gasteiger partial charge in [-0.05, 0) is 30.2 Å². The topological polar surface area (TPSA) is 57.7 Å². The van der Waals surface area contributed by atoms with E-state index >= 15 is 0 Å². The van der Waals surface area contributed by atoms with Crippen LogP contribution in [0.2, 0.25) is 0 Å². The van der Waals surface area contributed by atoms with E-state index in [9.17, 15) is 13.2 Å². The highest BCUT2D eigenvalue weighted by atomic mass is 32.2. The molecule has 1 saturated heterocycles. The van der Waals surface area contributed by atoms with Crippen LogP contribution in [-0.4, -0.2) is 49.7 Å². The van der Waals surface area contributed by atoms with Gasteiger partial charge in [0.1, 0.15) is 4.21 Å². The Balaban J connectivity index is 1.56. The molecule has 0 spiro atoms. The predicted molar refractivity (Wildman–Crippen MR) is 86.1 cm³/mol. The molecule has 0 radical (unpaired) electrons. The molecule has 7 heteroatoms. The zero-order valence-electron chi connectivity index (χ0n) is 12.3. The maximum Gasteiger partial charge on any atom is 0.252 e. The number of carbonyl (C=O) groups excluding carboxylic acids is 1. The molecule has 0 aromatic carbocycles. The van der Waals surface area contributed by atoms with Gasteiger partial charge in [-0.3, -0.25) is 4.79 Å². The number of hydrogen-bond acceptors (Lipinski definition) is 4. The first-order valence-electron chi connectivity index (χ1n) is 7.55. The first-order valence-corrected chi connectivity index (χ1v) is 9.87. The average molecular weight is 340 g/mol. The summed E-state index contributed by atoms with van der Waals surface area (Å²) in [5.41, 5.74) is 0. The van der Waals surface area contributed by atoms with Crippen LogP contribution in [0.15, 0.2) is 33.9 Å². The van der Waals surface area contributed by atoms with E-state index in [1.54, 1.807) is 22.4 Å². The standard InChI is InChI=1S/C15H20N2O3S2/c18-14(12-13-4-1-2-5-13)16-7-9-17(10-8-16)22(19,20)15-6-3-11-21-15/h1,3-4,6,11,13H,2,5,7-10,12H2/t13-/m1/s1. The Morgan fingerprint density at radius 1 is 1.27 bits per heavy atom. The molecule has 2 heterocycles. The third-order valence-electron chi connectivity index (χ3n) is 4.23. The Morgan fingerprint density at radius 2 is 2.05 bits per heavy atom. The number of amides is 1. The third kappa shape index (κ3) is 3.26. The number of rotatable bonds is 4. The molecule has 1 atom stereocenters. The fourth-order valence-electron chi connectivity index (χ4n) is 2.93. The van der Waals surface area contributed by atoms with E-state index in [0.717, 1.165) is 12.8 Å². The summed E-state index contributed by atoms with van der Waals surface area (Å²) in [7, 11) is -3.39. The molecule has 1 fully saturated rings. The van der Waals surface area contributed by atoms with Crippen LogP contribution in [0, 0.1) is 5.92 Å². The molecule has 1 aromatic rings. The lowest BCUT2D eigenvalue weighted by atomic mass is 10.0. The number of piperazine rings is 1. The quantitative estimate of drug-likeness (QED) is 0.787. The normalized spacial score (nSPS) is 23.1. The maximum atomic E-state index is 12.4. The lowest BCUT2D eigenvalue weighted by Gasteiger charge is -2.34. The first-order chi connectivity index (χ1) is 10.6. The summed E-state index contributed by atoms with van der Waals surface area (Å²) < 4.78 is 26.7. The second-order valence-electron chi connectivity index (χ2n) is 5.69. The molecule has 1 amide bonds. The number of thiophene rings is 1. The molecular weight excluding hydrogens is 320 g/mol. The zero-order valence-corrected chi connectivity index (χ0v) is 14.0. The van der Waals surface area contributed by atoms with Gasteiger partial charge >= 0.3 is 0 Å².